The van der Waals surface area contributed by atoms with Crippen LogP contribution in [0.5, 0.6) is 0 Å². The Labute approximate surface area is 118 Å². The number of benzene rings is 1. The molecule has 0 aliphatic carbocycles. The number of ether oxygens (including phenoxy) is 1. The van der Waals surface area contributed by atoms with Crippen LogP contribution in [0.1, 0.15) is 25.3 Å². The van der Waals surface area contributed by atoms with Gasteiger partial charge in [-0.25, -0.2) is 0 Å². The molecule has 1 aromatic rings. The molecule has 0 radical (unpaired) electrons. The lowest BCUT2D eigenvalue weighted by atomic mass is 10.1. The number of hydrogen-bond donors (Lipinski definition) is 2. The quantitative estimate of drug-likeness (QED) is 0.824. The van der Waals surface area contributed by atoms with Crippen molar-refractivity contribution in [2.45, 2.75) is 38.8 Å². The Morgan fingerprint density at radius 3 is 2.70 bits per heavy atom. The van der Waals surface area contributed by atoms with E-state index in [0.29, 0.717) is 5.69 Å². The molecular formula is C15H20N2O3. The number of anilines is 1. The second-order valence-corrected chi connectivity index (χ2v) is 5.08. The summed E-state index contributed by atoms with van der Waals surface area (Å²) in [4.78, 5) is 23.7. The maximum atomic E-state index is 11.9. The molecule has 0 bridgehead atoms. The molecule has 1 aromatic carbocycles. The first kappa shape index (κ1) is 14.5. The third-order valence-corrected chi connectivity index (χ3v) is 3.48. The van der Waals surface area contributed by atoms with Crippen LogP contribution in [0.25, 0.3) is 0 Å². The lowest BCUT2D eigenvalue weighted by Gasteiger charge is -2.19. The third kappa shape index (κ3) is 3.57. The molecule has 5 heteroatoms. The van der Waals surface area contributed by atoms with Crippen LogP contribution in [0.2, 0.25) is 0 Å². The van der Waals surface area contributed by atoms with Gasteiger partial charge in [-0.2, -0.15) is 0 Å². The van der Waals surface area contributed by atoms with Crippen molar-refractivity contribution in [2.75, 3.05) is 11.9 Å². The van der Waals surface area contributed by atoms with Crippen molar-refractivity contribution in [2.24, 2.45) is 0 Å². The second-order valence-electron chi connectivity index (χ2n) is 5.08. The molecule has 2 rings (SSSR count). The summed E-state index contributed by atoms with van der Waals surface area (Å²) in [7, 11) is 0. The standard InChI is InChI=1S/C15H20N2O3/c1-10-6-3-4-7-12(10)17-15(19)14(18)16-11(2)13-8-5-9-20-13/h3-4,6-7,11,13H,5,8-9H2,1-2H3,(H,16,18)(H,17,19). The van der Waals surface area contributed by atoms with Gasteiger partial charge in [0.15, 0.2) is 0 Å². The van der Waals surface area contributed by atoms with Gasteiger partial charge in [0.25, 0.3) is 0 Å². The zero-order chi connectivity index (χ0) is 14.5. The van der Waals surface area contributed by atoms with Crippen molar-refractivity contribution in [3.8, 4) is 0 Å². The number of aryl methyl sites for hydroxylation is 1. The minimum Gasteiger partial charge on any atom is -0.376 e. The minimum atomic E-state index is -0.649. The van der Waals surface area contributed by atoms with Crippen LogP contribution in [-0.4, -0.2) is 30.6 Å². The average Bonchev–Trinajstić information content (AvgIpc) is 2.95. The Morgan fingerprint density at radius 1 is 1.30 bits per heavy atom. The fourth-order valence-electron chi connectivity index (χ4n) is 2.25. The number of hydrogen-bond acceptors (Lipinski definition) is 3. The topological polar surface area (TPSA) is 67.4 Å². The molecule has 2 N–H and O–H groups in total. The van der Waals surface area contributed by atoms with Crippen molar-refractivity contribution in [3.05, 3.63) is 29.8 Å². The zero-order valence-corrected chi connectivity index (χ0v) is 11.8. The van der Waals surface area contributed by atoms with Crippen LogP contribution >= 0.6 is 0 Å². The average molecular weight is 276 g/mol. The predicted octanol–water partition coefficient (Wildman–Crippen LogP) is 1.62. The number of nitrogens with one attached hydrogen (secondary N) is 2. The Hall–Kier alpha value is -1.88. The summed E-state index contributed by atoms with van der Waals surface area (Å²) in [6.45, 7) is 4.46. The largest absolute Gasteiger partial charge is 0.376 e. The van der Waals surface area contributed by atoms with E-state index in [4.69, 9.17) is 4.74 Å². The van der Waals surface area contributed by atoms with E-state index in [1.54, 1.807) is 6.07 Å². The maximum absolute atomic E-state index is 11.9. The van der Waals surface area contributed by atoms with Gasteiger partial charge in [0.2, 0.25) is 0 Å². The molecule has 5 nitrogen and oxygen atoms in total. The van der Waals surface area contributed by atoms with Crippen LogP contribution < -0.4 is 10.6 Å². The minimum absolute atomic E-state index is 0.00483. The third-order valence-electron chi connectivity index (χ3n) is 3.48. The Kier molecular flexibility index (Phi) is 4.74. The number of carbonyl (C=O) groups is 2. The van der Waals surface area contributed by atoms with Crippen LogP contribution in [-0.2, 0) is 14.3 Å². The lowest BCUT2D eigenvalue weighted by molar-refractivity contribution is -0.137. The van der Waals surface area contributed by atoms with Crippen molar-refractivity contribution >= 4 is 17.5 Å². The maximum Gasteiger partial charge on any atom is 0.313 e. The lowest BCUT2D eigenvalue weighted by Crippen LogP contribution is -2.45. The van der Waals surface area contributed by atoms with Gasteiger partial charge < -0.3 is 15.4 Å². The van der Waals surface area contributed by atoms with Gasteiger partial charge in [-0.3, -0.25) is 9.59 Å². The van der Waals surface area contributed by atoms with E-state index in [1.165, 1.54) is 0 Å². The first-order valence-corrected chi connectivity index (χ1v) is 6.87. The van der Waals surface area contributed by atoms with Gasteiger partial charge in [0.05, 0.1) is 12.1 Å². The van der Waals surface area contributed by atoms with Crippen molar-refractivity contribution < 1.29 is 14.3 Å². The van der Waals surface area contributed by atoms with Crippen molar-refractivity contribution in [3.63, 3.8) is 0 Å². The van der Waals surface area contributed by atoms with Gasteiger partial charge in [-0.15, -0.1) is 0 Å². The van der Waals surface area contributed by atoms with Crippen LogP contribution in [0.15, 0.2) is 24.3 Å². The molecule has 1 fully saturated rings. The Bertz CT molecular complexity index is 496. The van der Waals surface area contributed by atoms with E-state index >= 15 is 0 Å². The summed E-state index contributed by atoms with van der Waals surface area (Å²) in [6, 6.07) is 7.18. The van der Waals surface area contributed by atoms with E-state index in [9.17, 15) is 9.59 Å². The van der Waals surface area contributed by atoms with E-state index in [1.807, 2.05) is 32.0 Å². The molecule has 2 atom stereocenters. The predicted molar refractivity (Wildman–Crippen MR) is 76.4 cm³/mol. The molecule has 1 aliphatic heterocycles. The van der Waals surface area contributed by atoms with E-state index in [-0.39, 0.29) is 12.1 Å². The highest BCUT2D eigenvalue weighted by molar-refractivity contribution is 6.39. The SMILES string of the molecule is Cc1ccccc1NC(=O)C(=O)NC(C)C1CCCO1. The summed E-state index contributed by atoms with van der Waals surface area (Å²) in [5.41, 5.74) is 1.57. The Balaban J connectivity index is 1.89. The normalized spacial score (nSPS) is 19.4. The molecule has 0 aromatic heterocycles. The van der Waals surface area contributed by atoms with E-state index in [0.717, 1.165) is 25.0 Å². The monoisotopic (exact) mass is 276 g/mol. The fraction of sp³-hybridized carbons (Fsp3) is 0.467. The molecule has 1 heterocycles. The number of amides is 2. The summed E-state index contributed by atoms with van der Waals surface area (Å²) in [6.07, 6.45) is 1.92. The smallest absolute Gasteiger partial charge is 0.313 e. The van der Waals surface area contributed by atoms with Crippen LogP contribution in [0, 0.1) is 6.92 Å². The molecule has 20 heavy (non-hydrogen) atoms. The van der Waals surface area contributed by atoms with Gasteiger partial charge in [0.1, 0.15) is 0 Å². The van der Waals surface area contributed by atoms with Gasteiger partial charge in [-0.1, -0.05) is 18.2 Å². The van der Waals surface area contributed by atoms with Gasteiger partial charge in [-0.05, 0) is 38.3 Å². The van der Waals surface area contributed by atoms with E-state index in [2.05, 4.69) is 10.6 Å². The van der Waals surface area contributed by atoms with Crippen molar-refractivity contribution in [1.29, 1.82) is 0 Å². The highest BCUT2D eigenvalue weighted by Gasteiger charge is 2.25. The Morgan fingerprint density at radius 2 is 2.05 bits per heavy atom. The molecular weight excluding hydrogens is 256 g/mol. The van der Waals surface area contributed by atoms with Crippen LogP contribution in [0.3, 0.4) is 0 Å². The molecule has 2 unspecified atom stereocenters. The molecule has 0 spiro atoms. The first-order chi connectivity index (χ1) is 9.58. The summed E-state index contributed by atoms with van der Waals surface area (Å²) < 4.78 is 5.49. The molecule has 0 saturated carbocycles. The summed E-state index contributed by atoms with van der Waals surface area (Å²) >= 11 is 0. The first-order valence-electron chi connectivity index (χ1n) is 6.87. The van der Waals surface area contributed by atoms with E-state index < -0.39 is 11.8 Å². The van der Waals surface area contributed by atoms with Gasteiger partial charge in [0, 0.05) is 12.3 Å². The molecule has 1 saturated heterocycles. The summed E-state index contributed by atoms with van der Waals surface area (Å²) in [5.74, 6) is -1.28. The molecule has 1 aliphatic rings. The summed E-state index contributed by atoms with van der Waals surface area (Å²) in [5, 5.41) is 5.30. The van der Waals surface area contributed by atoms with Gasteiger partial charge >= 0.3 is 11.8 Å². The van der Waals surface area contributed by atoms with Crippen LogP contribution in [0.4, 0.5) is 5.69 Å². The second kappa shape index (κ2) is 6.52. The highest BCUT2D eigenvalue weighted by Crippen LogP contribution is 2.16. The zero-order valence-electron chi connectivity index (χ0n) is 11.8. The highest BCUT2D eigenvalue weighted by atomic mass is 16.5. The van der Waals surface area contributed by atoms with Crippen molar-refractivity contribution in [1.82, 2.24) is 5.32 Å². The molecule has 108 valence electrons. The molecule has 2 amide bonds. The number of carbonyl (C=O) groups excluding carboxylic acids is 2. The fourth-order valence-corrected chi connectivity index (χ4v) is 2.25. The number of para-hydroxylation sites is 1. The number of rotatable bonds is 3.